The number of hydrogen-bond donors (Lipinski definition) is 2. The summed E-state index contributed by atoms with van der Waals surface area (Å²) in [6.45, 7) is 1.64. The van der Waals surface area contributed by atoms with E-state index < -0.39 is 4.92 Å². The second kappa shape index (κ2) is 6.99. The molecule has 0 radical (unpaired) electrons. The number of hydrogen-bond acceptors (Lipinski definition) is 5. The van der Waals surface area contributed by atoms with Crippen LogP contribution in [0.4, 0.5) is 5.69 Å². The molecule has 1 aliphatic rings. The van der Waals surface area contributed by atoms with Crippen molar-refractivity contribution in [2.75, 3.05) is 19.6 Å². The Hall–Kier alpha value is -2.48. The van der Waals surface area contributed by atoms with Gasteiger partial charge >= 0.3 is 0 Å². The first-order chi connectivity index (χ1) is 10.5. The molecule has 0 unspecified atom stereocenters. The van der Waals surface area contributed by atoms with Crippen LogP contribution in [0.5, 0.6) is 0 Å². The molecule has 2 rings (SSSR count). The fourth-order valence-electron chi connectivity index (χ4n) is 2.46. The van der Waals surface area contributed by atoms with E-state index >= 15 is 0 Å². The number of primary amides is 1. The van der Waals surface area contributed by atoms with Gasteiger partial charge in [-0.05, 0) is 25.0 Å². The Kier molecular flexibility index (Phi) is 5.05. The number of carbonyl (C=O) groups excluding carboxylic acids is 2. The average molecular weight is 306 g/mol. The second-order valence-corrected chi connectivity index (χ2v) is 5.29. The van der Waals surface area contributed by atoms with Gasteiger partial charge in [0, 0.05) is 36.8 Å². The average Bonchev–Trinajstić information content (AvgIpc) is 2.49. The smallest absolute Gasteiger partial charge is 0.269 e. The van der Waals surface area contributed by atoms with Crippen LogP contribution in [0, 0.1) is 10.1 Å². The van der Waals surface area contributed by atoms with Gasteiger partial charge in [0.15, 0.2) is 0 Å². The van der Waals surface area contributed by atoms with E-state index in [-0.39, 0.29) is 30.1 Å². The van der Waals surface area contributed by atoms with Crippen molar-refractivity contribution in [3.8, 4) is 0 Å². The van der Waals surface area contributed by atoms with Gasteiger partial charge in [0.25, 0.3) is 11.6 Å². The third-order valence-electron chi connectivity index (χ3n) is 3.64. The standard InChI is InChI=1S/C14H18N4O4/c15-13(19)9-17-7-5-11(6-8-17)16-14(20)10-1-3-12(4-2-10)18(21)22/h1-4,11H,5-9H2,(H2,15,19)(H,16,20). The van der Waals surface area contributed by atoms with Crippen LogP contribution in [-0.4, -0.2) is 47.3 Å². The lowest BCUT2D eigenvalue weighted by molar-refractivity contribution is -0.384. The summed E-state index contributed by atoms with van der Waals surface area (Å²) >= 11 is 0. The SMILES string of the molecule is NC(=O)CN1CCC(NC(=O)c2ccc([N+](=O)[O-])cc2)CC1. The third-order valence-corrected chi connectivity index (χ3v) is 3.64. The zero-order valence-corrected chi connectivity index (χ0v) is 12.0. The van der Waals surface area contributed by atoms with E-state index in [1.54, 1.807) is 0 Å². The van der Waals surface area contributed by atoms with Gasteiger partial charge in [-0.25, -0.2) is 0 Å². The van der Waals surface area contributed by atoms with Crippen LogP contribution in [0.15, 0.2) is 24.3 Å². The number of nitrogens with two attached hydrogens (primary N) is 1. The van der Waals surface area contributed by atoms with E-state index in [1.807, 2.05) is 4.90 Å². The van der Waals surface area contributed by atoms with Crippen molar-refractivity contribution in [3.63, 3.8) is 0 Å². The summed E-state index contributed by atoms with van der Waals surface area (Å²) in [5.74, 6) is -0.600. The lowest BCUT2D eigenvalue weighted by Crippen LogP contribution is -2.46. The van der Waals surface area contributed by atoms with Crippen molar-refractivity contribution in [2.45, 2.75) is 18.9 Å². The number of nitro groups is 1. The number of non-ortho nitro benzene ring substituents is 1. The Balaban J connectivity index is 1.85. The minimum absolute atomic E-state index is 0.0341. The van der Waals surface area contributed by atoms with Crippen molar-refractivity contribution in [1.82, 2.24) is 10.2 Å². The van der Waals surface area contributed by atoms with Gasteiger partial charge in [-0.3, -0.25) is 24.6 Å². The molecule has 1 fully saturated rings. The minimum Gasteiger partial charge on any atom is -0.369 e. The molecule has 1 saturated heterocycles. The first-order valence-electron chi connectivity index (χ1n) is 7.01. The maximum atomic E-state index is 12.1. The van der Waals surface area contributed by atoms with E-state index in [1.165, 1.54) is 24.3 Å². The zero-order valence-electron chi connectivity index (χ0n) is 12.0. The highest BCUT2D eigenvalue weighted by molar-refractivity contribution is 5.94. The zero-order chi connectivity index (χ0) is 16.1. The number of benzene rings is 1. The number of nitro benzene ring substituents is 1. The monoisotopic (exact) mass is 306 g/mol. The summed E-state index contributed by atoms with van der Waals surface area (Å²) < 4.78 is 0. The van der Waals surface area contributed by atoms with Gasteiger partial charge in [0.1, 0.15) is 0 Å². The highest BCUT2D eigenvalue weighted by atomic mass is 16.6. The van der Waals surface area contributed by atoms with Crippen LogP contribution in [0.2, 0.25) is 0 Å². The molecule has 2 amide bonds. The van der Waals surface area contributed by atoms with Gasteiger partial charge in [0.05, 0.1) is 11.5 Å². The number of carbonyl (C=O) groups is 2. The third kappa shape index (κ3) is 4.26. The number of nitrogens with zero attached hydrogens (tertiary/aromatic N) is 2. The second-order valence-electron chi connectivity index (χ2n) is 5.29. The summed E-state index contributed by atoms with van der Waals surface area (Å²) in [5.41, 5.74) is 5.50. The molecular weight excluding hydrogens is 288 g/mol. The number of piperidine rings is 1. The summed E-state index contributed by atoms with van der Waals surface area (Å²) in [4.78, 5) is 35.0. The maximum absolute atomic E-state index is 12.1. The lowest BCUT2D eigenvalue weighted by atomic mass is 10.0. The van der Waals surface area contributed by atoms with Crippen LogP contribution in [-0.2, 0) is 4.79 Å². The molecule has 3 N–H and O–H groups in total. The first kappa shape index (κ1) is 15.9. The van der Waals surface area contributed by atoms with E-state index in [2.05, 4.69) is 5.32 Å². The molecular formula is C14H18N4O4. The van der Waals surface area contributed by atoms with Gasteiger partial charge in [-0.15, -0.1) is 0 Å². The molecule has 0 saturated carbocycles. The van der Waals surface area contributed by atoms with Crippen LogP contribution < -0.4 is 11.1 Å². The molecule has 0 aromatic heterocycles. The molecule has 0 bridgehead atoms. The van der Waals surface area contributed by atoms with E-state index in [0.717, 1.165) is 12.8 Å². The fourth-order valence-corrected chi connectivity index (χ4v) is 2.46. The molecule has 1 heterocycles. The number of rotatable bonds is 5. The van der Waals surface area contributed by atoms with Crippen molar-refractivity contribution >= 4 is 17.5 Å². The Morgan fingerprint density at radius 1 is 1.27 bits per heavy atom. The molecule has 1 aliphatic heterocycles. The minimum atomic E-state index is -0.504. The summed E-state index contributed by atoms with van der Waals surface area (Å²) in [5, 5.41) is 13.5. The topological polar surface area (TPSA) is 119 Å². The molecule has 118 valence electrons. The molecule has 0 aliphatic carbocycles. The quantitative estimate of drug-likeness (QED) is 0.598. The summed E-state index contributed by atoms with van der Waals surface area (Å²) in [6, 6.07) is 5.53. The highest BCUT2D eigenvalue weighted by Gasteiger charge is 2.22. The van der Waals surface area contributed by atoms with Gasteiger partial charge < -0.3 is 11.1 Å². The van der Waals surface area contributed by atoms with Crippen molar-refractivity contribution < 1.29 is 14.5 Å². The van der Waals surface area contributed by atoms with Gasteiger partial charge in [-0.2, -0.15) is 0 Å². The van der Waals surface area contributed by atoms with Gasteiger partial charge in [0.2, 0.25) is 5.91 Å². The largest absolute Gasteiger partial charge is 0.369 e. The van der Waals surface area contributed by atoms with Gasteiger partial charge in [-0.1, -0.05) is 0 Å². The molecule has 22 heavy (non-hydrogen) atoms. The molecule has 0 atom stereocenters. The predicted octanol–water partition coefficient (Wildman–Crippen LogP) is 0.274. The predicted molar refractivity (Wildman–Crippen MR) is 79.2 cm³/mol. The molecule has 8 nitrogen and oxygen atoms in total. The van der Waals surface area contributed by atoms with Crippen LogP contribution >= 0.6 is 0 Å². The lowest BCUT2D eigenvalue weighted by Gasteiger charge is -2.31. The Morgan fingerprint density at radius 3 is 2.36 bits per heavy atom. The van der Waals surface area contributed by atoms with E-state index in [9.17, 15) is 19.7 Å². The first-order valence-corrected chi connectivity index (χ1v) is 7.01. The Bertz CT molecular complexity index is 565. The van der Waals surface area contributed by atoms with Crippen molar-refractivity contribution in [1.29, 1.82) is 0 Å². The fraction of sp³-hybridized carbons (Fsp3) is 0.429. The summed E-state index contributed by atoms with van der Waals surface area (Å²) in [6.07, 6.45) is 1.48. The highest BCUT2D eigenvalue weighted by Crippen LogP contribution is 2.14. The maximum Gasteiger partial charge on any atom is 0.269 e. The number of likely N-dealkylation sites (tertiary alicyclic amines) is 1. The molecule has 1 aromatic rings. The summed E-state index contributed by atoms with van der Waals surface area (Å²) in [7, 11) is 0. The van der Waals surface area contributed by atoms with Crippen LogP contribution in [0.3, 0.4) is 0 Å². The molecule has 8 heteroatoms. The van der Waals surface area contributed by atoms with Crippen molar-refractivity contribution in [3.05, 3.63) is 39.9 Å². The van der Waals surface area contributed by atoms with Crippen LogP contribution in [0.25, 0.3) is 0 Å². The number of nitrogens with one attached hydrogen (secondary N) is 1. The molecule has 1 aromatic carbocycles. The van der Waals surface area contributed by atoms with Crippen LogP contribution in [0.1, 0.15) is 23.2 Å². The molecule has 0 spiro atoms. The normalized spacial score (nSPS) is 16.2. The Morgan fingerprint density at radius 2 is 1.86 bits per heavy atom. The van der Waals surface area contributed by atoms with Crippen molar-refractivity contribution in [2.24, 2.45) is 5.73 Å². The van der Waals surface area contributed by atoms with E-state index in [0.29, 0.717) is 18.7 Å². The Labute approximate surface area is 127 Å². The van der Waals surface area contributed by atoms with E-state index in [4.69, 9.17) is 5.73 Å². The number of amides is 2.